The van der Waals surface area contributed by atoms with Crippen molar-refractivity contribution in [2.75, 3.05) is 7.11 Å². The van der Waals surface area contributed by atoms with Crippen LogP contribution in [0.4, 0.5) is 0 Å². The summed E-state index contributed by atoms with van der Waals surface area (Å²) < 4.78 is 28.7. The van der Waals surface area contributed by atoms with Crippen LogP contribution in [-0.2, 0) is 14.6 Å². The third-order valence-electron chi connectivity index (χ3n) is 3.78. The van der Waals surface area contributed by atoms with E-state index in [0.717, 1.165) is 0 Å². The molecule has 1 aromatic rings. The molecule has 110 valence electrons. The number of hydrogen-bond donors (Lipinski definition) is 1. The van der Waals surface area contributed by atoms with E-state index in [9.17, 15) is 18.3 Å². The standard InChI is InChI=1S/C14H18O5S/c1-13(2)8-14(9-13,12(15)16)20(17,18)11-6-4-5-10(7-11)19-3/h4-7H,8-9H2,1-3H3,(H,15,16). The Morgan fingerprint density at radius 2 is 1.90 bits per heavy atom. The second-order valence-corrected chi connectivity index (χ2v) is 8.26. The van der Waals surface area contributed by atoms with Crippen molar-refractivity contribution in [1.29, 1.82) is 0 Å². The lowest BCUT2D eigenvalue weighted by Crippen LogP contribution is -2.59. The summed E-state index contributed by atoms with van der Waals surface area (Å²) in [6.45, 7) is 3.74. The average Bonchev–Trinajstić information content (AvgIpc) is 2.35. The zero-order chi connectivity index (χ0) is 15.2. The minimum Gasteiger partial charge on any atom is -0.497 e. The molecule has 1 saturated carbocycles. The fourth-order valence-corrected chi connectivity index (χ4v) is 5.32. The number of hydrogen-bond acceptors (Lipinski definition) is 4. The molecule has 0 aliphatic heterocycles. The minimum absolute atomic E-state index is 0.00486. The van der Waals surface area contributed by atoms with Gasteiger partial charge in [0.05, 0.1) is 12.0 Å². The number of benzene rings is 1. The Balaban J connectivity index is 2.50. The highest BCUT2D eigenvalue weighted by Crippen LogP contribution is 2.54. The fourth-order valence-electron chi connectivity index (χ4n) is 2.94. The monoisotopic (exact) mass is 298 g/mol. The number of methoxy groups -OCH3 is 1. The van der Waals surface area contributed by atoms with Gasteiger partial charge in [0.1, 0.15) is 5.75 Å². The van der Waals surface area contributed by atoms with Gasteiger partial charge < -0.3 is 9.84 Å². The first-order chi connectivity index (χ1) is 9.14. The molecule has 20 heavy (non-hydrogen) atoms. The maximum atomic E-state index is 12.7. The quantitative estimate of drug-likeness (QED) is 0.920. The molecule has 0 heterocycles. The Morgan fingerprint density at radius 1 is 1.30 bits per heavy atom. The third-order valence-corrected chi connectivity index (χ3v) is 6.15. The Labute approximate surface area is 118 Å². The molecular weight excluding hydrogens is 280 g/mol. The largest absolute Gasteiger partial charge is 0.497 e. The number of rotatable bonds is 4. The van der Waals surface area contributed by atoms with E-state index >= 15 is 0 Å². The molecule has 5 nitrogen and oxygen atoms in total. The van der Waals surface area contributed by atoms with Crippen LogP contribution in [0.3, 0.4) is 0 Å². The molecule has 2 rings (SSSR count). The van der Waals surface area contributed by atoms with E-state index in [2.05, 4.69) is 0 Å². The van der Waals surface area contributed by atoms with Crippen molar-refractivity contribution in [3.63, 3.8) is 0 Å². The molecule has 1 aliphatic carbocycles. The number of carboxylic acid groups (broad SMARTS) is 1. The lowest BCUT2D eigenvalue weighted by Gasteiger charge is -2.49. The molecule has 0 spiro atoms. The summed E-state index contributed by atoms with van der Waals surface area (Å²) >= 11 is 0. The molecule has 1 fully saturated rings. The van der Waals surface area contributed by atoms with E-state index < -0.39 is 20.6 Å². The van der Waals surface area contributed by atoms with E-state index in [1.165, 1.54) is 19.2 Å². The molecule has 1 N–H and O–H groups in total. The topological polar surface area (TPSA) is 80.7 Å². The second-order valence-electron chi connectivity index (χ2n) is 6.00. The zero-order valence-electron chi connectivity index (χ0n) is 11.7. The summed E-state index contributed by atoms with van der Waals surface area (Å²) in [5.74, 6) is -0.884. The molecule has 1 aliphatic rings. The lowest BCUT2D eigenvalue weighted by molar-refractivity contribution is -0.146. The lowest BCUT2D eigenvalue weighted by atomic mass is 9.64. The normalized spacial score (nSPS) is 19.9. The van der Waals surface area contributed by atoms with Crippen LogP contribution < -0.4 is 4.74 Å². The summed E-state index contributed by atoms with van der Waals surface area (Å²) in [6, 6.07) is 5.95. The van der Waals surface area contributed by atoms with Gasteiger partial charge in [0.25, 0.3) is 0 Å². The summed E-state index contributed by atoms with van der Waals surface area (Å²) in [5.41, 5.74) is -0.273. The molecular formula is C14H18O5S. The summed E-state index contributed by atoms with van der Waals surface area (Å²) in [7, 11) is -2.51. The molecule has 0 amide bonds. The number of aliphatic carboxylic acids is 1. The van der Waals surface area contributed by atoms with Crippen LogP contribution in [0.5, 0.6) is 5.75 Å². The van der Waals surface area contributed by atoms with E-state index in [0.29, 0.717) is 5.75 Å². The van der Waals surface area contributed by atoms with Crippen molar-refractivity contribution in [1.82, 2.24) is 0 Å². The van der Waals surface area contributed by atoms with Gasteiger partial charge in [-0.25, -0.2) is 8.42 Å². The van der Waals surface area contributed by atoms with Crippen molar-refractivity contribution in [2.45, 2.75) is 36.3 Å². The molecule has 0 bridgehead atoms. The number of carbonyl (C=O) groups is 1. The van der Waals surface area contributed by atoms with Gasteiger partial charge in [0, 0.05) is 0 Å². The molecule has 0 saturated heterocycles. The highest BCUT2D eigenvalue weighted by molar-refractivity contribution is 7.93. The van der Waals surface area contributed by atoms with Crippen molar-refractivity contribution >= 4 is 15.8 Å². The van der Waals surface area contributed by atoms with Gasteiger partial charge in [-0.15, -0.1) is 0 Å². The van der Waals surface area contributed by atoms with Crippen LogP contribution in [-0.4, -0.2) is 31.4 Å². The second kappa shape index (κ2) is 4.48. The third kappa shape index (κ3) is 2.08. The smallest absolute Gasteiger partial charge is 0.325 e. The predicted molar refractivity (Wildman–Crippen MR) is 73.6 cm³/mol. The first kappa shape index (κ1) is 14.8. The van der Waals surface area contributed by atoms with Crippen molar-refractivity contribution in [3.8, 4) is 5.75 Å². The fraction of sp³-hybridized carbons (Fsp3) is 0.500. The summed E-state index contributed by atoms with van der Waals surface area (Å²) in [6.07, 6.45) is 0.240. The van der Waals surface area contributed by atoms with Gasteiger partial charge in [0.15, 0.2) is 14.6 Å². The number of carboxylic acids is 1. The maximum Gasteiger partial charge on any atom is 0.325 e. The van der Waals surface area contributed by atoms with Crippen LogP contribution in [0.25, 0.3) is 0 Å². The number of ether oxygens (including phenoxy) is 1. The van der Waals surface area contributed by atoms with Crippen LogP contribution in [0.1, 0.15) is 26.7 Å². The van der Waals surface area contributed by atoms with Crippen LogP contribution >= 0.6 is 0 Å². The maximum absolute atomic E-state index is 12.7. The van der Waals surface area contributed by atoms with Crippen molar-refractivity contribution < 1.29 is 23.1 Å². The highest BCUT2D eigenvalue weighted by Gasteiger charge is 2.63. The first-order valence-electron chi connectivity index (χ1n) is 6.27. The molecule has 0 radical (unpaired) electrons. The highest BCUT2D eigenvalue weighted by atomic mass is 32.2. The van der Waals surface area contributed by atoms with Crippen molar-refractivity contribution in [3.05, 3.63) is 24.3 Å². The van der Waals surface area contributed by atoms with Crippen LogP contribution in [0, 0.1) is 5.41 Å². The van der Waals surface area contributed by atoms with Gasteiger partial charge in [-0.2, -0.15) is 0 Å². The van der Waals surface area contributed by atoms with E-state index in [4.69, 9.17) is 4.74 Å². The van der Waals surface area contributed by atoms with Gasteiger partial charge >= 0.3 is 5.97 Å². The Kier molecular flexibility index (Phi) is 3.32. The van der Waals surface area contributed by atoms with E-state index in [1.807, 2.05) is 13.8 Å². The first-order valence-corrected chi connectivity index (χ1v) is 7.75. The molecule has 1 aromatic carbocycles. The molecule has 0 atom stereocenters. The van der Waals surface area contributed by atoms with Gasteiger partial charge in [-0.1, -0.05) is 19.9 Å². The Bertz CT molecular complexity index is 637. The Morgan fingerprint density at radius 3 is 2.35 bits per heavy atom. The molecule has 0 aromatic heterocycles. The zero-order valence-corrected chi connectivity index (χ0v) is 12.5. The van der Waals surface area contributed by atoms with Crippen LogP contribution in [0.15, 0.2) is 29.2 Å². The predicted octanol–water partition coefficient (Wildman–Crippen LogP) is 2.11. The van der Waals surface area contributed by atoms with E-state index in [1.54, 1.807) is 12.1 Å². The van der Waals surface area contributed by atoms with Crippen LogP contribution in [0.2, 0.25) is 0 Å². The SMILES string of the molecule is COc1cccc(S(=O)(=O)C2(C(=O)O)CC(C)(C)C2)c1. The number of sulfone groups is 1. The van der Waals surface area contributed by atoms with Crippen molar-refractivity contribution in [2.24, 2.45) is 5.41 Å². The summed E-state index contributed by atoms with van der Waals surface area (Å²) in [4.78, 5) is 11.6. The minimum atomic E-state index is -3.95. The van der Waals surface area contributed by atoms with Gasteiger partial charge in [0.2, 0.25) is 0 Å². The average molecular weight is 298 g/mol. The molecule has 6 heteroatoms. The molecule has 0 unspecified atom stereocenters. The Hall–Kier alpha value is -1.56. The summed E-state index contributed by atoms with van der Waals surface area (Å²) in [5, 5.41) is 9.43. The van der Waals surface area contributed by atoms with Gasteiger partial charge in [-0.3, -0.25) is 4.79 Å². The van der Waals surface area contributed by atoms with Gasteiger partial charge in [-0.05, 0) is 36.5 Å². The van der Waals surface area contributed by atoms with E-state index in [-0.39, 0.29) is 23.2 Å².